The average Bonchev–Trinajstić information content (AvgIpc) is 2.40. The van der Waals surface area contributed by atoms with Gasteiger partial charge in [-0.25, -0.2) is 0 Å². The Labute approximate surface area is 140 Å². The molecule has 0 saturated carbocycles. The van der Waals surface area contributed by atoms with E-state index in [1.165, 1.54) is 23.5 Å². The second kappa shape index (κ2) is 8.41. The summed E-state index contributed by atoms with van der Waals surface area (Å²) in [5.41, 5.74) is 0.199. The van der Waals surface area contributed by atoms with Crippen molar-refractivity contribution in [2.75, 3.05) is 31.4 Å². The molecule has 0 aliphatic heterocycles. The van der Waals surface area contributed by atoms with E-state index in [1.54, 1.807) is 0 Å². The van der Waals surface area contributed by atoms with Crippen molar-refractivity contribution >= 4 is 50.7 Å². The van der Waals surface area contributed by atoms with Gasteiger partial charge in [0.15, 0.2) is 0 Å². The van der Waals surface area contributed by atoms with Gasteiger partial charge in [0.1, 0.15) is 0 Å². The summed E-state index contributed by atoms with van der Waals surface area (Å²) in [5, 5.41) is 3.82. The monoisotopic (exact) mass is 373 g/mol. The van der Waals surface area contributed by atoms with Crippen molar-refractivity contribution in [2.24, 2.45) is 0 Å². The summed E-state index contributed by atoms with van der Waals surface area (Å²) in [6, 6.07) is 2.78. The van der Waals surface area contributed by atoms with Crippen LogP contribution >= 0.6 is 34.8 Å². The Bertz CT molecular complexity index is 581. The smallest absolute Gasteiger partial charge is 0.301 e. The number of hydrogen-bond donors (Lipinski definition) is 2. The molecule has 120 valence electrons. The highest BCUT2D eigenvalue weighted by Gasteiger charge is 2.19. The molecule has 0 bridgehead atoms. The van der Waals surface area contributed by atoms with E-state index >= 15 is 0 Å². The largest absolute Gasteiger partial charge is 0.317 e. The number of anilines is 1. The summed E-state index contributed by atoms with van der Waals surface area (Å²) >= 11 is 17.6. The summed E-state index contributed by atoms with van der Waals surface area (Å²) < 4.78 is 28.0. The Kier molecular flexibility index (Phi) is 7.53. The van der Waals surface area contributed by atoms with E-state index in [2.05, 4.69) is 10.0 Å². The van der Waals surface area contributed by atoms with Crippen molar-refractivity contribution in [2.45, 2.75) is 13.3 Å². The minimum atomic E-state index is -3.68. The molecular formula is C12H18Cl3N3O2S. The predicted molar refractivity (Wildman–Crippen MR) is 89.8 cm³/mol. The Hall–Kier alpha value is -0.240. The predicted octanol–water partition coefficient (Wildman–Crippen LogP) is 3.23. The van der Waals surface area contributed by atoms with Gasteiger partial charge in [-0.2, -0.15) is 12.7 Å². The van der Waals surface area contributed by atoms with E-state index in [4.69, 9.17) is 34.8 Å². The molecule has 2 N–H and O–H groups in total. The van der Waals surface area contributed by atoms with Crippen molar-refractivity contribution < 1.29 is 8.42 Å². The lowest BCUT2D eigenvalue weighted by molar-refractivity contribution is 0.459. The van der Waals surface area contributed by atoms with Crippen molar-refractivity contribution in [3.05, 3.63) is 27.2 Å². The maximum atomic E-state index is 12.2. The number of rotatable bonds is 8. The number of nitrogens with zero attached hydrogens (tertiary/aromatic N) is 1. The summed E-state index contributed by atoms with van der Waals surface area (Å²) in [6.45, 7) is 3.99. The zero-order valence-corrected chi connectivity index (χ0v) is 14.9. The molecule has 0 spiro atoms. The molecule has 0 heterocycles. The zero-order chi connectivity index (χ0) is 16.0. The molecule has 9 heteroatoms. The Balaban J connectivity index is 2.74. The van der Waals surface area contributed by atoms with Gasteiger partial charge in [0.05, 0.1) is 20.8 Å². The van der Waals surface area contributed by atoms with Gasteiger partial charge in [0.25, 0.3) is 0 Å². The minimum absolute atomic E-state index is 0.189. The molecule has 1 rings (SSSR count). The Morgan fingerprint density at radius 1 is 1.14 bits per heavy atom. The lowest BCUT2D eigenvalue weighted by atomic mass is 10.3. The quantitative estimate of drug-likeness (QED) is 0.542. The molecule has 1 aromatic carbocycles. The van der Waals surface area contributed by atoms with E-state index in [9.17, 15) is 8.42 Å². The fraction of sp³-hybridized carbons (Fsp3) is 0.500. The first-order chi connectivity index (χ1) is 9.77. The fourth-order valence-corrected chi connectivity index (χ4v) is 3.16. The van der Waals surface area contributed by atoms with E-state index in [0.29, 0.717) is 13.0 Å². The van der Waals surface area contributed by atoms with E-state index in [1.807, 2.05) is 6.92 Å². The molecule has 21 heavy (non-hydrogen) atoms. The first-order valence-electron chi connectivity index (χ1n) is 6.37. The Morgan fingerprint density at radius 3 is 2.38 bits per heavy atom. The highest BCUT2D eigenvalue weighted by atomic mass is 35.5. The third-order valence-electron chi connectivity index (χ3n) is 2.74. The fourth-order valence-electron chi connectivity index (χ4n) is 1.54. The molecule has 0 aliphatic rings. The first kappa shape index (κ1) is 18.8. The highest BCUT2D eigenvalue weighted by molar-refractivity contribution is 7.90. The summed E-state index contributed by atoms with van der Waals surface area (Å²) in [4.78, 5) is 0. The van der Waals surface area contributed by atoms with Gasteiger partial charge in [-0.3, -0.25) is 4.72 Å². The van der Waals surface area contributed by atoms with Crippen LogP contribution in [-0.2, 0) is 10.2 Å². The lowest BCUT2D eigenvalue weighted by Gasteiger charge is -2.19. The maximum Gasteiger partial charge on any atom is 0.301 e. The van der Waals surface area contributed by atoms with Crippen LogP contribution in [0.15, 0.2) is 12.1 Å². The number of nitrogens with one attached hydrogen (secondary N) is 2. The van der Waals surface area contributed by atoms with Crippen LogP contribution in [0, 0.1) is 0 Å². The standard InChI is InChI=1S/C12H18Cl3N3O2S/c1-3-16-5-4-6-18(2)21(19,20)17-12-8-10(14)9(13)7-11(12)15/h7-8,16-17H,3-6H2,1-2H3. The molecule has 1 aromatic rings. The molecule has 0 aliphatic carbocycles. The SMILES string of the molecule is CCNCCCN(C)S(=O)(=O)Nc1cc(Cl)c(Cl)cc1Cl. The van der Waals surface area contributed by atoms with Gasteiger partial charge in [-0.05, 0) is 31.6 Å². The molecular weight excluding hydrogens is 357 g/mol. The van der Waals surface area contributed by atoms with Crippen LogP contribution in [0.2, 0.25) is 15.1 Å². The third kappa shape index (κ3) is 5.81. The first-order valence-corrected chi connectivity index (χ1v) is 8.94. The summed E-state index contributed by atoms with van der Waals surface area (Å²) in [6.07, 6.45) is 0.709. The van der Waals surface area contributed by atoms with Gasteiger partial charge in [0, 0.05) is 13.6 Å². The van der Waals surface area contributed by atoms with Crippen LogP contribution in [0.4, 0.5) is 5.69 Å². The van der Waals surface area contributed by atoms with Crippen molar-refractivity contribution in [3.8, 4) is 0 Å². The molecule has 0 unspecified atom stereocenters. The normalized spacial score (nSPS) is 11.9. The summed E-state index contributed by atoms with van der Waals surface area (Å²) in [7, 11) is -2.18. The van der Waals surface area contributed by atoms with Crippen molar-refractivity contribution in [1.82, 2.24) is 9.62 Å². The van der Waals surface area contributed by atoms with Gasteiger partial charge in [0.2, 0.25) is 0 Å². The van der Waals surface area contributed by atoms with E-state index < -0.39 is 10.2 Å². The minimum Gasteiger partial charge on any atom is -0.317 e. The topological polar surface area (TPSA) is 61.4 Å². The molecule has 0 aromatic heterocycles. The van der Waals surface area contributed by atoms with E-state index in [-0.39, 0.29) is 20.8 Å². The van der Waals surface area contributed by atoms with Gasteiger partial charge in [-0.1, -0.05) is 41.7 Å². The van der Waals surface area contributed by atoms with Crippen LogP contribution in [-0.4, -0.2) is 39.4 Å². The van der Waals surface area contributed by atoms with Crippen molar-refractivity contribution in [3.63, 3.8) is 0 Å². The summed E-state index contributed by atoms with van der Waals surface area (Å²) in [5.74, 6) is 0. The van der Waals surface area contributed by atoms with Crippen LogP contribution < -0.4 is 10.0 Å². The van der Waals surface area contributed by atoms with E-state index in [0.717, 1.165) is 13.1 Å². The molecule has 0 saturated heterocycles. The number of benzene rings is 1. The van der Waals surface area contributed by atoms with Gasteiger partial charge >= 0.3 is 10.2 Å². The highest BCUT2D eigenvalue weighted by Crippen LogP contribution is 2.32. The number of hydrogen-bond acceptors (Lipinski definition) is 3. The van der Waals surface area contributed by atoms with Crippen LogP contribution in [0.5, 0.6) is 0 Å². The molecule has 0 atom stereocenters. The van der Waals surface area contributed by atoms with Gasteiger partial charge < -0.3 is 5.32 Å². The second-order valence-corrected chi connectivity index (χ2v) is 7.38. The van der Waals surface area contributed by atoms with Crippen LogP contribution in [0.1, 0.15) is 13.3 Å². The van der Waals surface area contributed by atoms with Crippen LogP contribution in [0.25, 0.3) is 0 Å². The Morgan fingerprint density at radius 2 is 1.76 bits per heavy atom. The third-order valence-corrected chi connectivity index (χ3v) is 5.25. The molecule has 5 nitrogen and oxygen atoms in total. The van der Waals surface area contributed by atoms with Gasteiger partial charge in [-0.15, -0.1) is 0 Å². The zero-order valence-electron chi connectivity index (χ0n) is 11.8. The van der Waals surface area contributed by atoms with Crippen LogP contribution in [0.3, 0.4) is 0 Å². The molecule has 0 radical (unpaired) electrons. The lowest BCUT2D eigenvalue weighted by Crippen LogP contribution is -2.34. The maximum absolute atomic E-state index is 12.2. The molecule has 0 fully saturated rings. The second-order valence-electron chi connectivity index (χ2n) is 4.38. The molecule has 0 amide bonds. The van der Waals surface area contributed by atoms with Crippen molar-refractivity contribution in [1.29, 1.82) is 0 Å². The number of halogens is 3. The average molecular weight is 375 g/mol.